The van der Waals surface area contributed by atoms with Gasteiger partial charge in [0.1, 0.15) is 0 Å². The molecule has 4 N–H and O–H groups in total. The number of amides is 1. The second-order valence-electron chi connectivity index (χ2n) is 17.1. The van der Waals surface area contributed by atoms with E-state index in [1.165, 1.54) is 193 Å². The highest BCUT2D eigenvalue weighted by atomic mass is 16.3. The lowest BCUT2D eigenvalue weighted by Crippen LogP contribution is -2.45. The van der Waals surface area contributed by atoms with Crippen LogP contribution in [0, 0.1) is 0 Å². The third kappa shape index (κ3) is 42.2. The van der Waals surface area contributed by atoms with Crippen molar-refractivity contribution in [2.75, 3.05) is 6.61 Å². The lowest BCUT2D eigenvalue weighted by molar-refractivity contribution is -0.124. The Labute approximate surface area is 349 Å². The Morgan fingerprint density at radius 3 is 1.14 bits per heavy atom. The zero-order valence-electron chi connectivity index (χ0n) is 37.5. The number of carbonyl (C=O) groups is 1. The molecular weight excluding hydrogens is 691 g/mol. The van der Waals surface area contributed by atoms with Gasteiger partial charge in [0.05, 0.1) is 31.3 Å². The van der Waals surface area contributed by atoms with Gasteiger partial charge in [-0.15, -0.1) is 0 Å². The first-order chi connectivity index (χ1) is 27.5. The molecule has 0 spiro atoms. The molecule has 3 unspecified atom stereocenters. The molecule has 0 aromatic carbocycles. The van der Waals surface area contributed by atoms with Gasteiger partial charge >= 0.3 is 0 Å². The van der Waals surface area contributed by atoms with Gasteiger partial charge in [-0.2, -0.15) is 0 Å². The fourth-order valence-corrected chi connectivity index (χ4v) is 7.61. The number of carbonyl (C=O) groups excluding carboxylic acids is 1. The largest absolute Gasteiger partial charge is 0.394 e. The molecule has 0 rings (SSSR count). The van der Waals surface area contributed by atoms with E-state index < -0.39 is 18.2 Å². The lowest BCUT2D eigenvalue weighted by Gasteiger charge is -2.21. The Morgan fingerprint density at radius 2 is 0.768 bits per heavy atom. The van der Waals surface area contributed by atoms with Gasteiger partial charge in [-0.25, -0.2) is 0 Å². The van der Waals surface area contributed by atoms with Crippen molar-refractivity contribution in [3.8, 4) is 0 Å². The van der Waals surface area contributed by atoms with Crippen LogP contribution in [0.5, 0.6) is 0 Å². The third-order valence-corrected chi connectivity index (χ3v) is 11.4. The molecule has 0 heterocycles. The van der Waals surface area contributed by atoms with E-state index >= 15 is 0 Å². The maximum absolute atomic E-state index is 12.5. The predicted octanol–water partition coefficient (Wildman–Crippen LogP) is 14.7. The minimum absolute atomic E-state index is 0.00527. The summed E-state index contributed by atoms with van der Waals surface area (Å²) in [5.41, 5.74) is 0. The molecule has 0 saturated carbocycles. The number of rotatable bonds is 45. The minimum atomic E-state index is -0.958. The van der Waals surface area contributed by atoms with E-state index in [4.69, 9.17) is 0 Å². The quantitative estimate of drug-likeness (QED) is 0.0365. The van der Waals surface area contributed by atoms with Gasteiger partial charge in [-0.3, -0.25) is 4.79 Å². The Kier molecular flexibility index (Phi) is 45.1. The van der Waals surface area contributed by atoms with Gasteiger partial charge in [0, 0.05) is 0 Å². The van der Waals surface area contributed by atoms with Crippen molar-refractivity contribution >= 4 is 5.91 Å². The molecule has 330 valence electrons. The van der Waals surface area contributed by atoms with Crippen molar-refractivity contribution in [2.24, 2.45) is 0 Å². The highest BCUT2D eigenvalue weighted by Gasteiger charge is 2.20. The van der Waals surface area contributed by atoms with E-state index in [1.807, 2.05) is 6.08 Å². The highest BCUT2D eigenvalue weighted by molar-refractivity contribution is 5.76. The van der Waals surface area contributed by atoms with Crippen LogP contribution in [0.25, 0.3) is 0 Å². The van der Waals surface area contributed by atoms with E-state index in [-0.39, 0.29) is 18.9 Å². The summed E-state index contributed by atoms with van der Waals surface area (Å²) < 4.78 is 0. The molecule has 0 fully saturated rings. The van der Waals surface area contributed by atoms with Crippen LogP contribution in [0.3, 0.4) is 0 Å². The van der Waals surface area contributed by atoms with Crippen LogP contribution < -0.4 is 5.32 Å². The summed E-state index contributed by atoms with van der Waals surface area (Å²) in [7, 11) is 0. The summed E-state index contributed by atoms with van der Waals surface area (Å²) in [6, 6.07) is -0.766. The van der Waals surface area contributed by atoms with E-state index in [0.717, 1.165) is 38.5 Å². The van der Waals surface area contributed by atoms with Gasteiger partial charge in [-0.05, 0) is 44.9 Å². The number of allylic oxidation sites excluding steroid dienone is 5. The average molecular weight is 788 g/mol. The molecule has 0 aromatic rings. The Bertz CT molecular complexity index is 870. The van der Waals surface area contributed by atoms with E-state index in [1.54, 1.807) is 6.08 Å². The van der Waals surface area contributed by atoms with E-state index in [0.29, 0.717) is 6.42 Å². The zero-order valence-corrected chi connectivity index (χ0v) is 37.5. The zero-order chi connectivity index (χ0) is 40.8. The van der Waals surface area contributed by atoms with Crippen LogP contribution >= 0.6 is 0 Å². The van der Waals surface area contributed by atoms with Crippen LogP contribution in [0.1, 0.15) is 258 Å². The average Bonchev–Trinajstić information content (AvgIpc) is 3.19. The van der Waals surface area contributed by atoms with Crippen molar-refractivity contribution in [2.45, 2.75) is 276 Å². The van der Waals surface area contributed by atoms with Crippen molar-refractivity contribution in [1.82, 2.24) is 5.32 Å². The standard InChI is InChI=1S/C51H97NO4/c1-3-5-7-9-11-13-15-17-19-21-23-24-25-26-27-29-31-33-35-37-39-41-43-45-50(55)49(47-53)52-51(56)46-48(54)44-42-40-38-36-34-32-30-28-22-20-18-16-14-12-10-8-6-4-2/h27,29,35,37,43,45,48-50,53-55H,3-26,28,30-34,36,38-42,44,46-47H2,1-2H3,(H,52,56)/b29-27+,37-35+,45-43+. The fourth-order valence-electron chi connectivity index (χ4n) is 7.61. The summed E-state index contributed by atoms with van der Waals surface area (Å²) >= 11 is 0. The number of hydrogen-bond acceptors (Lipinski definition) is 4. The minimum Gasteiger partial charge on any atom is -0.394 e. The monoisotopic (exact) mass is 788 g/mol. The van der Waals surface area contributed by atoms with Crippen LogP contribution in [0.4, 0.5) is 0 Å². The SMILES string of the molecule is CCCCCCCCCCCCCCC/C=C/CC/C=C/CC/C=C/C(O)C(CO)NC(=O)CC(O)CCCCCCCCCCCCCCCCCCCC. The molecule has 0 aliphatic rings. The van der Waals surface area contributed by atoms with Gasteiger partial charge in [0.25, 0.3) is 0 Å². The second kappa shape index (κ2) is 46.3. The maximum atomic E-state index is 12.5. The highest BCUT2D eigenvalue weighted by Crippen LogP contribution is 2.16. The molecule has 1 amide bonds. The number of aliphatic hydroxyl groups is 3. The Hall–Kier alpha value is -1.43. The molecule has 3 atom stereocenters. The first-order valence-electron chi connectivity index (χ1n) is 24.8. The van der Waals surface area contributed by atoms with Crippen molar-refractivity contribution < 1.29 is 20.1 Å². The van der Waals surface area contributed by atoms with Crippen molar-refractivity contribution in [1.29, 1.82) is 0 Å². The van der Waals surface area contributed by atoms with Crippen molar-refractivity contribution in [3.63, 3.8) is 0 Å². The molecule has 0 bridgehead atoms. The molecule has 0 saturated heterocycles. The Morgan fingerprint density at radius 1 is 0.446 bits per heavy atom. The summed E-state index contributed by atoms with van der Waals surface area (Å²) in [6.07, 6.45) is 58.8. The van der Waals surface area contributed by atoms with Gasteiger partial charge < -0.3 is 20.6 Å². The second-order valence-corrected chi connectivity index (χ2v) is 17.1. The number of aliphatic hydroxyl groups excluding tert-OH is 3. The molecule has 0 aromatic heterocycles. The number of unbranched alkanes of at least 4 members (excludes halogenated alkanes) is 32. The summed E-state index contributed by atoms with van der Waals surface area (Å²) in [6.45, 7) is 4.22. The van der Waals surface area contributed by atoms with Crippen LogP contribution in [0.15, 0.2) is 36.5 Å². The summed E-state index contributed by atoms with van der Waals surface area (Å²) in [5.74, 6) is -0.326. The van der Waals surface area contributed by atoms with Gasteiger partial charge in [-0.1, -0.05) is 243 Å². The van der Waals surface area contributed by atoms with Gasteiger partial charge in [0.2, 0.25) is 5.91 Å². The number of nitrogens with one attached hydrogen (secondary N) is 1. The molecule has 0 aliphatic carbocycles. The first kappa shape index (κ1) is 54.6. The van der Waals surface area contributed by atoms with E-state index in [9.17, 15) is 20.1 Å². The molecule has 5 nitrogen and oxygen atoms in total. The third-order valence-electron chi connectivity index (χ3n) is 11.4. The smallest absolute Gasteiger partial charge is 0.222 e. The number of hydrogen-bond donors (Lipinski definition) is 4. The van der Waals surface area contributed by atoms with Crippen molar-refractivity contribution in [3.05, 3.63) is 36.5 Å². The fraction of sp³-hybridized carbons (Fsp3) is 0.863. The topological polar surface area (TPSA) is 89.8 Å². The lowest BCUT2D eigenvalue weighted by atomic mass is 10.0. The molecule has 5 heteroatoms. The van der Waals surface area contributed by atoms with Gasteiger partial charge in [0.15, 0.2) is 0 Å². The normalized spacial score (nSPS) is 13.7. The summed E-state index contributed by atoms with van der Waals surface area (Å²) in [4.78, 5) is 12.5. The molecule has 0 radical (unpaired) electrons. The van der Waals surface area contributed by atoms with Crippen LogP contribution in [0.2, 0.25) is 0 Å². The first-order valence-corrected chi connectivity index (χ1v) is 24.8. The van der Waals surface area contributed by atoms with Crippen LogP contribution in [-0.4, -0.2) is 46.1 Å². The Balaban J connectivity index is 3.68. The maximum Gasteiger partial charge on any atom is 0.222 e. The molecular formula is C51H97NO4. The van der Waals surface area contributed by atoms with Crippen LogP contribution in [-0.2, 0) is 4.79 Å². The summed E-state index contributed by atoms with van der Waals surface area (Å²) in [5, 5.41) is 33.3. The molecule has 0 aliphatic heterocycles. The molecule has 56 heavy (non-hydrogen) atoms. The van der Waals surface area contributed by atoms with E-state index in [2.05, 4.69) is 43.5 Å². The predicted molar refractivity (Wildman–Crippen MR) is 245 cm³/mol.